The number of halogens is 8. The highest BCUT2D eigenvalue weighted by atomic mass is 127. The number of nitrogens with one attached hydrogen (secondary N) is 1. The minimum atomic E-state index is -6.41. The largest absolute Gasteiger partial charge is 0.415 e. The van der Waals surface area contributed by atoms with E-state index in [-0.39, 0.29) is 12.7 Å². The Bertz CT molecular complexity index is 745. The van der Waals surface area contributed by atoms with Gasteiger partial charge in [-0.05, 0) is 79.9 Å². The summed E-state index contributed by atoms with van der Waals surface area (Å²) in [7, 11) is -6.41. The average Bonchev–Trinajstić information content (AvgIpc) is 2.31. The van der Waals surface area contributed by atoms with E-state index >= 15 is 0 Å². The van der Waals surface area contributed by atoms with Gasteiger partial charge in [0.15, 0.2) is 0 Å². The molecule has 24 heavy (non-hydrogen) atoms. The predicted molar refractivity (Wildman–Crippen MR) is 98.4 cm³/mol. The molecule has 0 fully saturated rings. The summed E-state index contributed by atoms with van der Waals surface area (Å²) in [5, 5.41) is -4.70. The van der Waals surface area contributed by atoms with E-state index in [1.54, 1.807) is 45.2 Å². The highest BCUT2D eigenvalue weighted by Crippen LogP contribution is 2.36. The molecule has 1 aromatic carbocycles. The Morgan fingerprint density at radius 1 is 1.08 bits per heavy atom. The van der Waals surface area contributed by atoms with Crippen LogP contribution in [-0.2, 0) is 10.1 Å². The van der Waals surface area contributed by atoms with Crippen molar-refractivity contribution in [1.82, 2.24) is 5.32 Å². The summed E-state index contributed by atoms with van der Waals surface area (Å²) >= 11 is 5.13. The molecule has 0 aliphatic rings. The number of hydrogen-bond acceptors (Lipinski definition) is 3. The first-order valence-electron chi connectivity index (χ1n) is 5.46. The summed E-state index contributed by atoms with van der Waals surface area (Å²) in [5.41, 5.74) is -0.322. The van der Waals surface area contributed by atoms with Gasteiger partial charge in [-0.15, -0.1) is 0 Å². The molecule has 5 nitrogen and oxygen atoms in total. The summed E-state index contributed by atoms with van der Waals surface area (Å²) in [6.07, 6.45) is -5.82. The number of rotatable bonds is 4. The maximum atomic E-state index is 13.5. The molecule has 0 bridgehead atoms. The molecule has 0 aliphatic heterocycles. The standard InChI is InChI=1S/C10H5F5I3NO4S/c11-9(12,13)8(10(14,15)24(21,22)23)19-7(20)6-4(17)1-3(16)2-5(6)18/h1-2,8H,(H,19,20)(H,21,22,23). The SMILES string of the molecule is O=C(NC(C(F)(F)F)C(F)(F)S(=O)(=O)O)c1c(I)cc(I)cc1I. The van der Waals surface area contributed by atoms with Crippen LogP contribution in [0.5, 0.6) is 0 Å². The lowest BCUT2D eigenvalue weighted by Gasteiger charge is -2.27. The number of alkyl halides is 5. The van der Waals surface area contributed by atoms with Gasteiger partial charge in [-0.2, -0.15) is 30.4 Å². The Balaban J connectivity index is 3.35. The third-order valence-electron chi connectivity index (χ3n) is 2.52. The molecule has 2 N–H and O–H groups in total. The molecule has 0 spiro atoms. The fraction of sp³-hybridized carbons (Fsp3) is 0.300. The van der Waals surface area contributed by atoms with Crippen LogP contribution in [0.4, 0.5) is 22.0 Å². The van der Waals surface area contributed by atoms with Crippen molar-refractivity contribution in [1.29, 1.82) is 0 Å². The van der Waals surface area contributed by atoms with Crippen LogP contribution in [0.3, 0.4) is 0 Å². The first-order valence-corrected chi connectivity index (χ1v) is 10.1. The van der Waals surface area contributed by atoms with Gasteiger partial charge in [0.1, 0.15) is 0 Å². The van der Waals surface area contributed by atoms with Gasteiger partial charge < -0.3 is 5.32 Å². The van der Waals surface area contributed by atoms with Gasteiger partial charge in [0, 0.05) is 10.7 Å². The normalized spacial score (nSPS) is 14.4. The Labute approximate surface area is 173 Å². The lowest BCUT2D eigenvalue weighted by molar-refractivity contribution is -0.191. The van der Waals surface area contributed by atoms with Crippen LogP contribution in [0.1, 0.15) is 10.4 Å². The van der Waals surface area contributed by atoms with Gasteiger partial charge in [0.2, 0.25) is 6.04 Å². The molecular weight excluding hydrogens is 706 g/mol. The number of carbonyl (C=O) groups is 1. The third-order valence-corrected chi connectivity index (χ3v) is 5.76. The fourth-order valence-corrected chi connectivity index (χ4v) is 6.03. The third kappa shape index (κ3) is 5.00. The summed E-state index contributed by atoms with van der Waals surface area (Å²) in [6.45, 7) is 0. The molecule has 0 heterocycles. The van der Waals surface area contributed by atoms with Crippen molar-refractivity contribution in [3.05, 3.63) is 28.4 Å². The van der Waals surface area contributed by atoms with E-state index in [0.29, 0.717) is 3.57 Å². The van der Waals surface area contributed by atoms with Crippen LogP contribution in [0.15, 0.2) is 12.1 Å². The highest BCUT2D eigenvalue weighted by molar-refractivity contribution is 14.1. The zero-order valence-corrected chi connectivity index (χ0v) is 18.1. The van der Waals surface area contributed by atoms with Gasteiger partial charge in [0.05, 0.1) is 5.56 Å². The number of hydrogen-bond donors (Lipinski definition) is 2. The summed E-state index contributed by atoms with van der Waals surface area (Å²) < 4.78 is 95.9. The van der Waals surface area contributed by atoms with Crippen molar-refractivity contribution in [2.24, 2.45) is 0 Å². The molecule has 14 heteroatoms. The second-order valence-electron chi connectivity index (χ2n) is 4.23. The van der Waals surface area contributed by atoms with Crippen LogP contribution in [0.2, 0.25) is 0 Å². The fourth-order valence-electron chi connectivity index (χ4n) is 1.47. The molecule has 1 amide bonds. The maximum absolute atomic E-state index is 13.5. The molecule has 1 rings (SSSR count). The van der Waals surface area contributed by atoms with Crippen molar-refractivity contribution in [3.8, 4) is 0 Å². The molecule has 0 radical (unpaired) electrons. The van der Waals surface area contributed by atoms with Crippen LogP contribution in [0, 0.1) is 10.7 Å². The second-order valence-corrected chi connectivity index (χ2v) is 9.29. The zero-order valence-electron chi connectivity index (χ0n) is 10.8. The van der Waals surface area contributed by atoms with Crippen molar-refractivity contribution >= 4 is 83.8 Å². The van der Waals surface area contributed by atoms with Gasteiger partial charge in [-0.25, -0.2) is 0 Å². The summed E-state index contributed by atoms with van der Waals surface area (Å²) in [5.74, 6) is -1.55. The van der Waals surface area contributed by atoms with Crippen molar-refractivity contribution in [3.63, 3.8) is 0 Å². The number of amides is 1. The quantitative estimate of drug-likeness (QED) is 0.284. The summed E-state index contributed by atoms with van der Waals surface area (Å²) in [4.78, 5) is 12.0. The van der Waals surface area contributed by atoms with Crippen LogP contribution < -0.4 is 5.32 Å². The van der Waals surface area contributed by atoms with E-state index in [2.05, 4.69) is 0 Å². The van der Waals surface area contributed by atoms with E-state index < -0.39 is 33.5 Å². The van der Waals surface area contributed by atoms with Crippen molar-refractivity contribution < 1.29 is 39.7 Å². The molecule has 1 atom stereocenters. The van der Waals surface area contributed by atoms with Gasteiger partial charge >= 0.3 is 21.5 Å². The Morgan fingerprint density at radius 3 is 1.83 bits per heavy atom. The Morgan fingerprint density at radius 2 is 1.50 bits per heavy atom. The average molecular weight is 711 g/mol. The minimum absolute atomic E-state index is 0.178. The topological polar surface area (TPSA) is 83.5 Å². The first-order chi connectivity index (χ1) is 10.6. The monoisotopic (exact) mass is 711 g/mol. The van der Waals surface area contributed by atoms with E-state index in [4.69, 9.17) is 4.55 Å². The zero-order chi connectivity index (χ0) is 19.1. The Hall–Kier alpha value is 0.440. The molecule has 0 aliphatic carbocycles. The molecule has 1 unspecified atom stereocenters. The van der Waals surface area contributed by atoms with E-state index in [9.17, 15) is 35.2 Å². The molecule has 0 saturated heterocycles. The molecule has 0 aromatic heterocycles. The van der Waals surface area contributed by atoms with Gasteiger partial charge in [0.25, 0.3) is 5.91 Å². The van der Waals surface area contributed by atoms with Crippen molar-refractivity contribution in [2.75, 3.05) is 0 Å². The second kappa shape index (κ2) is 7.59. The first kappa shape index (κ1) is 22.5. The van der Waals surface area contributed by atoms with E-state index in [1.165, 1.54) is 12.1 Å². The highest BCUT2D eigenvalue weighted by Gasteiger charge is 2.64. The number of benzene rings is 1. The Kier molecular flexibility index (Phi) is 7.11. The van der Waals surface area contributed by atoms with E-state index in [0.717, 1.165) is 5.32 Å². The lowest BCUT2D eigenvalue weighted by atomic mass is 10.2. The molecule has 0 saturated carbocycles. The lowest BCUT2D eigenvalue weighted by Crippen LogP contribution is -2.59. The predicted octanol–water partition coefficient (Wildman–Crippen LogP) is 3.64. The van der Waals surface area contributed by atoms with Crippen LogP contribution >= 0.6 is 67.8 Å². The summed E-state index contributed by atoms with van der Waals surface area (Å²) in [6, 6.07) is -1.28. The van der Waals surface area contributed by atoms with Crippen molar-refractivity contribution in [2.45, 2.75) is 17.5 Å². The molecule has 1 aromatic rings. The minimum Gasteiger partial charge on any atom is -0.334 e. The van der Waals surface area contributed by atoms with Gasteiger partial charge in [-0.1, -0.05) is 0 Å². The smallest absolute Gasteiger partial charge is 0.334 e. The van der Waals surface area contributed by atoms with Crippen LogP contribution in [-0.4, -0.2) is 36.4 Å². The van der Waals surface area contributed by atoms with E-state index in [1.807, 2.05) is 22.6 Å². The van der Waals surface area contributed by atoms with Gasteiger partial charge in [-0.3, -0.25) is 9.35 Å². The van der Waals surface area contributed by atoms with Crippen LogP contribution in [0.25, 0.3) is 0 Å². The maximum Gasteiger partial charge on any atom is 0.415 e. The molecular formula is C10H5F5I3NO4S. The molecule has 136 valence electrons. The number of carbonyl (C=O) groups excluding carboxylic acids is 1.